The van der Waals surface area contributed by atoms with Gasteiger partial charge in [0.2, 0.25) is 0 Å². The van der Waals surface area contributed by atoms with Crippen LogP contribution in [-0.2, 0) is 20.9 Å². The van der Waals surface area contributed by atoms with Crippen LogP contribution in [0, 0.1) is 0 Å². The number of ketones is 1. The maximum Gasteiger partial charge on any atom is 0.412 e. The molecule has 0 saturated carbocycles. The summed E-state index contributed by atoms with van der Waals surface area (Å²) >= 11 is 0. The highest BCUT2D eigenvalue weighted by atomic mass is 16.6. The van der Waals surface area contributed by atoms with E-state index in [0.29, 0.717) is 0 Å². The van der Waals surface area contributed by atoms with E-state index >= 15 is 0 Å². The van der Waals surface area contributed by atoms with Gasteiger partial charge in [-0.05, 0) is 26.3 Å². The predicted molar refractivity (Wildman–Crippen MR) is 73.0 cm³/mol. The lowest BCUT2D eigenvalue weighted by Gasteiger charge is -2.28. The number of amides is 1. The minimum Gasteiger partial charge on any atom is -0.444 e. The smallest absolute Gasteiger partial charge is 0.412 e. The second-order valence-corrected chi connectivity index (χ2v) is 5.31. The normalized spacial score (nSPS) is 20.8. The van der Waals surface area contributed by atoms with Crippen LogP contribution in [0.3, 0.4) is 0 Å². The number of carbonyl (C=O) groups is 2. The van der Waals surface area contributed by atoms with E-state index in [1.165, 1.54) is 11.8 Å². The van der Waals surface area contributed by atoms with Crippen LogP contribution in [-0.4, -0.2) is 35.2 Å². The molecule has 108 valence electrons. The highest BCUT2D eigenvalue weighted by Crippen LogP contribution is 2.27. The number of Topliss-reactive ketones (excluding diaryl/α,β-unsaturated/α-hetero) is 1. The first-order valence-corrected chi connectivity index (χ1v) is 6.57. The number of rotatable bonds is 3. The third-order valence-electron chi connectivity index (χ3n) is 3.31. The Bertz CT molecular complexity index is 498. The molecular formula is C15H19NO4. The molecule has 2 rings (SSSR count). The molecule has 0 unspecified atom stereocenters. The van der Waals surface area contributed by atoms with Crippen molar-refractivity contribution in [1.82, 2.24) is 4.90 Å². The summed E-state index contributed by atoms with van der Waals surface area (Å²) in [5.74, 6) is -0.0866. The summed E-state index contributed by atoms with van der Waals surface area (Å²) in [4.78, 5) is 24.9. The summed E-state index contributed by atoms with van der Waals surface area (Å²) in [6, 6.07) is 9.45. The number of hydrogen-bond donors (Lipinski definition) is 0. The fraction of sp³-hybridized carbons (Fsp3) is 0.467. The Hall–Kier alpha value is -1.88. The highest BCUT2D eigenvalue weighted by Gasteiger charge is 2.44. The van der Waals surface area contributed by atoms with Crippen molar-refractivity contribution >= 4 is 11.9 Å². The van der Waals surface area contributed by atoms with Crippen LogP contribution >= 0.6 is 0 Å². The van der Waals surface area contributed by atoms with Crippen molar-refractivity contribution < 1.29 is 19.1 Å². The van der Waals surface area contributed by atoms with Gasteiger partial charge >= 0.3 is 6.09 Å². The lowest BCUT2D eigenvalue weighted by molar-refractivity contribution is -0.133. The van der Waals surface area contributed by atoms with E-state index in [1.54, 1.807) is 13.8 Å². The Morgan fingerprint density at radius 1 is 1.35 bits per heavy atom. The van der Waals surface area contributed by atoms with E-state index < -0.39 is 17.9 Å². The van der Waals surface area contributed by atoms with Gasteiger partial charge in [-0.25, -0.2) is 4.79 Å². The Morgan fingerprint density at radius 2 is 2.00 bits per heavy atom. The van der Waals surface area contributed by atoms with Crippen LogP contribution in [0.1, 0.15) is 26.3 Å². The molecule has 1 amide bonds. The summed E-state index contributed by atoms with van der Waals surface area (Å²) in [5, 5.41) is 0. The van der Waals surface area contributed by atoms with Crippen molar-refractivity contribution in [2.75, 3.05) is 6.54 Å². The van der Waals surface area contributed by atoms with Crippen LogP contribution in [0.15, 0.2) is 30.3 Å². The van der Waals surface area contributed by atoms with Gasteiger partial charge in [0.1, 0.15) is 18.4 Å². The van der Waals surface area contributed by atoms with Gasteiger partial charge in [0.05, 0.1) is 6.54 Å². The Balaban J connectivity index is 1.97. The minimum atomic E-state index is -0.829. The Kier molecular flexibility index (Phi) is 4.09. The summed E-state index contributed by atoms with van der Waals surface area (Å²) in [7, 11) is 0. The number of hydrogen-bond acceptors (Lipinski definition) is 4. The topological polar surface area (TPSA) is 55.8 Å². The summed E-state index contributed by atoms with van der Waals surface area (Å²) in [6.07, 6.45) is -1.04. The van der Waals surface area contributed by atoms with E-state index in [1.807, 2.05) is 30.3 Å². The molecule has 0 N–H and O–H groups in total. The summed E-state index contributed by atoms with van der Waals surface area (Å²) in [5.41, 5.74) is 0.0892. The fourth-order valence-electron chi connectivity index (χ4n) is 2.14. The zero-order valence-corrected chi connectivity index (χ0v) is 12.0. The van der Waals surface area contributed by atoms with Gasteiger partial charge in [0, 0.05) is 0 Å². The van der Waals surface area contributed by atoms with E-state index in [2.05, 4.69) is 0 Å². The molecule has 1 aromatic rings. The SMILES string of the molecule is CC(=O)[C@@H]1CN(C(=O)OCc2ccccc2)C(C)(C)O1. The first-order valence-electron chi connectivity index (χ1n) is 6.57. The fourth-order valence-corrected chi connectivity index (χ4v) is 2.14. The Labute approximate surface area is 118 Å². The zero-order valence-electron chi connectivity index (χ0n) is 12.0. The van der Waals surface area contributed by atoms with Crippen molar-refractivity contribution in [3.8, 4) is 0 Å². The van der Waals surface area contributed by atoms with Crippen molar-refractivity contribution in [3.05, 3.63) is 35.9 Å². The van der Waals surface area contributed by atoms with Crippen LogP contribution in [0.5, 0.6) is 0 Å². The van der Waals surface area contributed by atoms with Gasteiger partial charge < -0.3 is 9.47 Å². The van der Waals surface area contributed by atoms with Gasteiger partial charge in [-0.2, -0.15) is 0 Å². The van der Waals surface area contributed by atoms with Crippen molar-refractivity contribution in [1.29, 1.82) is 0 Å². The lowest BCUT2D eigenvalue weighted by Crippen LogP contribution is -2.43. The quantitative estimate of drug-likeness (QED) is 0.851. The van der Waals surface area contributed by atoms with E-state index in [0.717, 1.165) is 5.56 Å². The molecule has 0 aromatic heterocycles. The number of ether oxygens (including phenoxy) is 2. The van der Waals surface area contributed by atoms with Gasteiger partial charge in [-0.1, -0.05) is 30.3 Å². The Morgan fingerprint density at radius 3 is 2.55 bits per heavy atom. The van der Waals surface area contributed by atoms with Gasteiger partial charge in [0.15, 0.2) is 5.78 Å². The highest BCUT2D eigenvalue weighted by molar-refractivity contribution is 5.82. The molecule has 5 heteroatoms. The standard InChI is InChI=1S/C15H19NO4/c1-11(17)13-9-16(15(2,3)20-13)14(18)19-10-12-7-5-4-6-8-12/h4-8,13H,9-10H2,1-3H3/t13-/m0/s1. The van der Waals surface area contributed by atoms with Gasteiger partial charge in [-0.15, -0.1) is 0 Å². The predicted octanol–water partition coefficient (Wildman–Crippen LogP) is 2.35. The van der Waals surface area contributed by atoms with E-state index in [-0.39, 0.29) is 18.9 Å². The first kappa shape index (κ1) is 14.5. The molecule has 0 radical (unpaired) electrons. The molecule has 1 fully saturated rings. The molecule has 1 aliphatic heterocycles. The molecule has 20 heavy (non-hydrogen) atoms. The van der Waals surface area contributed by atoms with Crippen LogP contribution in [0.4, 0.5) is 4.79 Å². The number of carbonyl (C=O) groups excluding carboxylic acids is 2. The number of benzene rings is 1. The second kappa shape index (κ2) is 5.63. The second-order valence-electron chi connectivity index (χ2n) is 5.31. The third-order valence-corrected chi connectivity index (χ3v) is 3.31. The van der Waals surface area contributed by atoms with Crippen LogP contribution in [0.2, 0.25) is 0 Å². The molecule has 5 nitrogen and oxygen atoms in total. The molecule has 0 aliphatic carbocycles. The summed E-state index contributed by atoms with van der Waals surface area (Å²) in [6.45, 7) is 5.39. The van der Waals surface area contributed by atoms with Crippen molar-refractivity contribution in [3.63, 3.8) is 0 Å². The molecule has 0 bridgehead atoms. The maximum absolute atomic E-state index is 12.1. The molecule has 1 aliphatic rings. The molecule has 1 saturated heterocycles. The average Bonchev–Trinajstić information content (AvgIpc) is 2.73. The van der Waals surface area contributed by atoms with Crippen molar-refractivity contribution in [2.24, 2.45) is 0 Å². The molecule has 1 aromatic carbocycles. The summed E-state index contributed by atoms with van der Waals surface area (Å²) < 4.78 is 10.8. The van der Waals surface area contributed by atoms with E-state index in [4.69, 9.17) is 9.47 Å². The van der Waals surface area contributed by atoms with Crippen LogP contribution < -0.4 is 0 Å². The molecule has 1 atom stereocenters. The van der Waals surface area contributed by atoms with Crippen LogP contribution in [0.25, 0.3) is 0 Å². The molecule has 0 spiro atoms. The van der Waals surface area contributed by atoms with E-state index in [9.17, 15) is 9.59 Å². The monoisotopic (exact) mass is 277 g/mol. The van der Waals surface area contributed by atoms with Crippen molar-refractivity contribution in [2.45, 2.75) is 39.2 Å². The molecular weight excluding hydrogens is 258 g/mol. The maximum atomic E-state index is 12.1. The largest absolute Gasteiger partial charge is 0.444 e. The minimum absolute atomic E-state index is 0.0866. The third kappa shape index (κ3) is 3.17. The van der Waals surface area contributed by atoms with Gasteiger partial charge in [0.25, 0.3) is 0 Å². The lowest BCUT2D eigenvalue weighted by atomic mass is 10.2. The number of nitrogens with zero attached hydrogens (tertiary/aromatic N) is 1. The zero-order chi connectivity index (χ0) is 14.8. The molecule has 1 heterocycles. The first-order chi connectivity index (χ1) is 9.40. The van der Waals surface area contributed by atoms with Gasteiger partial charge in [-0.3, -0.25) is 9.69 Å². The average molecular weight is 277 g/mol.